The first-order chi connectivity index (χ1) is 12.8. The lowest BCUT2D eigenvalue weighted by Gasteiger charge is -2.33. The van der Waals surface area contributed by atoms with Gasteiger partial charge in [0.15, 0.2) is 0 Å². The Morgan fingerprint density at radius 2 is 1.93 bits per heavy atom. The fourth-order valence-corrected chi connectivity index (χ4v) is 3.26. The molecule has 8 nitrogen and oxygen atoms in total. The van der Waals surface area contributed by atoms with Gasteiger partial charge in [-0.05, 0) is 29.7 Å². The Labute approximate surface area is 158 Å². The summed E-state index contributed by atoms with van der Waals surface area (Å²) in [5, 5.41) is 22.8. The number of rotatable bonds is 5. The number of allylic oxidation sites excluding steroid dienone is 1. The number of hydrogen-bond donors (Lipinski definition) is 0. The summed E-state index contributed by atoms with van der Waals surface area (Å²) in [7, 11) is 0. The van der Waals surface area contributed by atoms with Gasteiger partial charge in [0.1, 0.15) is 5.75 Å². The maximum absolute atomic E-state index is 12.9. The van der Waals surface area contributed by atoms with Crippen LogP contribution in [0.15, 0.2) is 55.1 Å². The van der Waals surface area contributed by atoms with Crippen molar-refractivity contribution < 1.29 is 19.4 Å². The summed E-state index contributed by atoms with van der Waals surface area (Å²) in [5.41, 5.74) is 0.357. The number of ether oxygens (including phenoxy) is 1. The molecule has 0 saturated carbocycles. The number of nitro groups is 2. The van der Waals surface area contributed by atoms with E-state index in [0.717, 1.165) is 6.07 Å². The van der Waals surface area contributed by atoms with Crippen molar-refractivity contribution in [3.63, 3.8) is 0 Å². The van der Waals surface area contributed by atoms with Crippen LogP contribution >= 0.6 is 11.6 Å². The molecule has 2 aromatic carbocycles. The van der Waals surface area contributed by atoms with Crippen LogP contribution in [0.2, 0.25) is 0 Å². The molecule has 0 bridgehead atoms. The topological polar surface area (TPSA) is 113 Å². The standard InChI is InChI=1S/C18H13ClN2O6/c1-2-5-11-6-4-9-14-15(11)27-17(18(19,16(14)22)21(25)26)12-7-3-8-13(10-12)20(23)24/h2-4,6-10,17H,1,5H2/t17-,18+/m0/s1. The predicted molar refractivity (Wildman–Crippen MR) is 96.7 cm³/mol. The lowest BCUT2D eigenvalue weighted by Crippen LogP contribution is -2.51. The monoisotopic (exact) mass is 388 g/mol. The molecule has 2 aromatic rings. The average molecular weight is 389 g/mol. The van der Waals surface area contributed by atoms with E-state index in [4.69, 9.17) is 16.3 Å². The third-order valence-electron chi connectivity index (χ3n) is 4.26. The molecule has 1 heterocycles. The zero-order valence-electron chi connectivity index (χ0n) is 13.8. The molecule has 0 amide bonds. The van der Waals surface area contributed by atoms with Crippen LogP contribution in [0.5, 0.6) is 5.75 Å². The van der Waals surface area contributed by atoms with Gasteiger partial charge in [-0.1, -0.05) is 30.3 Å². The smallest absolute Gasteiger partial charge is 0.397 e. The number of carbonyl (C=O) groups excluding carboxylic acids is 1. The number of Topliss-reactive ketones (excluding diaryl/α,β-unsaturated/α-hetero) is 1. The fraction of sp³-hybridized carbons (Fsp3) is 0.167. The van der Waals surface area contributed by atoms with E-state index in [-0.39, 0.29) is 22.6 Å². The van der Waals surface area contributed by atoms with Crippen molar-refractivity contribution in [1.29, 1.82) is 0 Å². The molecule has 0 N–H and O–H groups in total. The normalized spacial score (nSPS) is 21.1. The summed E-state index contributed by atoms with van der Waals surface area (Å²) < 4.78 is 5.82. The Morgan fingerprint density at radius 1 is 1.22 bits per heavy atom. The minimum atomic E-state index is -2.64. The molecule has 27 heavy (non-hydrogen) atoms. The second-order valence-corrected chi connectivity index (χ2v) is 6.47. The van der Waals surface area contributed by atoms with E-state index in [1.807, 2.05) is 0 Å². The summed E-state index contributed by atoms with van der Waals surface area (Å²) in [5.74, 6) is -0.769. The van der Waals surface area contributed by atoms with Gasteiger partial charge >= 0.3 is 5.00 Å². The molecular formula is C18H13ClN2O6. The molecule has 0 aliphatic carbocycles. The number of hydrogen-bond acceptors (Lipinski definition) is 6. The van der Waals surface area contributed by atoms with Crippen LogP contribution in [0, 0.1) is 20.2 Å². The number of nitrogens with zero attached hydrogens (tertiary/aromatic N) is 2. The van der Waals surface area contributed by atoms with E-state index in [1.54, 1.807) is 18.2 Å². The van der Waals surface area contributed by atoms with Gasteiger partial charge < -0.3 is 4.74 Å². The van der Waals surface area contributed by atoms with Crippen molar-refractivity contribution in [3.05, 3.63) is 92.0 Å². The van der Waals surface area contributed by atoms with Crippen molar-refractivity contribution >= 4 is 23.1 Å². The first-order valence-corrected chi connectivity index (χ1v) is 8.20. The molecule has 0 fully saturated rings. The number of fused-ring (bicyclic) bond motifs is 1. The van der Waals surface area contributed by atoms with Crippen LogP contribution in [0.4, 0.5) is 5.69 Å². The van der Waals surface area contributed by atoms with Gasteiger partial charge in [0.2, 0.25) is 6.10 Å². The van der Waals surface area contributed by atoms with Gasteiger partial charge in [0.05, 0.1) is 15.4 Å². The third kappa shape index (κ3) is 2.93. The molecule has 1 aliphatic heterocycles. The first-order valence-electron chi connectivity index (χ1n) is 7.82. The molecule has 0 spiro atoms. The molecule has 0 unspecified atom stereocenters. The van der Waals surface area contributed by atoms with Gasteiger partial charge in [0, 0.05) is 17.7 Å². The van der Waals surface area contributed by atoms with Gasteiger partial charge in [0.25, 0.3) is 11.5 Å². The van der Waals surface area contributed by atoms with Crippen LogP contribution in [-0.4, -0.2) is 20.6 Å². The van der Waals surface area contributed by atoms with E-state index in [9.17, 15) is 25.0 Å². The molecule has 138 valence electrons. The number of nitro benzene ring substituents is 1. The highest BCUT2D eigenvalue weighted by molar-refractivity contribution is 6.37. The average Bonchev–Trinajstić information content (AvgIpc) is 2.65. The van der Waals surface area contributed by atoms with Crippen LogP contribution < -0.4 is 4.74 Å². The van der Waals surface area contributed by atoms with Gasteiger partial charge in [-0.3, -0.25) is 25.0 Å². The van der Waals surface area contributed by atoms with Crippen molar-refractivity contribution in [3.8, 4) is 5.75 Å². The highest BCUT2D eigenvalue weighted by atomic mass is 35.5. The van der Waals surface area contributed by atoms with E-state index in [0.29, 0.717) is 12.0 Å². The Kier molecular flexibility index (Phi) is 4.67. The quantitative estimate of drug-likeness (QED) is 0.253. The summed E-state index contributed by atoms with van der Waals surface area (Å²) >= 11 is 6.19. The summed E-state index contributed by atoms with van der Waals surface area (Å²) in [6.07, 6.45) is 0.424. The Hall–Kier alpha value is -3.26. The summed E-state index contributed by atoms with van der Waals surface area (Å²) in [4.78, 5) is 31.5. The number of ketones is 1. The van der Waals surface area contributed by atoms with E-state index < -0.39 is 26.7 Å². The maximum Gasteiger partial charge on any atom is 0.397 e. The number of non-ortho nitro benzene ring substituents is 1. The molecule has 1 aliphatic rings. The van der Waals surface area contributed by atoms with Crippen molar-refractivity contribution in [1.82, 2.24) is 0 Å². The maximum atomic E-state index is 12.9. The number of para-hydroxylation sites is 1. The van der Waals surface area contributed by atoms with E-state index in [1.165, 1.54) is 24.3 Å². The summed E-state index contributed by atoms with van der Waals surface area (Å²) in [6, 6.07) is 9.76. The van der Waals surface area contributed by atoms with Crippen molar-refractivity contribution in [2.24, 2.45) is 0 Å². The molecule has 0 saturated heterocycles. The Balaban J connectivity index is 2.22. The molecule has 0 aromatic heterocycles. The fourth-order valence-electron chi connectivity index (χ4n) is 2.99. The van der Waals surface area contributed by atoms with Crippen LogP contribution in [0.25, 0.3) is 0 Å². The lowest BCUT2D eigenvalue weighted by molar-refractivity contribution is -0.536. The SMILES string of the molecule is C=CCc1cccc2c1O[C@@H](c1cccc([N+](=O)[O-])c1)[C@](Cl)([N+](=O)[O-])C2=O. The van der Waals surface area contributed by atoms with E-state index >= 15 is 0 Å². The largest absolute Gasteiger partial charge is 0.475 e. The minimum Gasteiger partial charge on any atom is -0.475 e. The lowest BCUT2D eigenvalue weighted by atomic mass is 9.89. The molecule has 2 atom stereocenters. The first kappa shape index (κ1) is 18.5. The van der Waals surface area contributed by atoms with Gasteiger partial charge in [-0.2, -0.15) is 0 Å². The van der Waals surface area contributed by atoms with E-state index in [2.05, 4.69) is 6.58 Å². The number of halogens is 1. The van der Waals surface area contributed by atoms with Crippen LogP contribution in [0.1, 0.15) is 27.6 Å². The van der Waals surface area contributed by atoms with Crippen LogP contribution in [0.3, 0.4) is 0 Å². The second kappa shape index (κ2) is 6.81. The molecule has 0 radical (unpaired) electrons. The Morgan fingerprint density at radius 3 is 2.56 bits per heavy atom. The molecular weight excluding hydrogens is 376 g/mol. The highest BCUT2D eigenvalue weighted by Gasteiger charge is 2.62. The van der Waals surface area contributed by atoms with Crippen molar-refractivity contribution in [2.75, 3.05) is 0 Å². The predicted octanol–water partition coefficient (Wildman–Crippen LogP) is 3.85. The Bertz CT molecular complexity index is 976. The van der Waals surface area contributed by atoms with Crippen LogP contribution in [-0.2, 0) is 6.42 Å². The summed E-state index contributed by atoms with van der Waals surface area (Å²) in [6.45, 7) is 3.64. The number of carbonyl (C=O) groups is 1. The second-order valence-electron chi connectivity index (χ2n) is 5.90. The highest BCUT2D eigenvalue weighted by Crippen LogP contribution is 2.47. The number of benzene rings is 2. The zero-order valence-corrected chi connectivity index (χ0v) is 14.6. The zero-order chi connectivity index (χ0) is 19.8. The van der Waals surface area contributed by atoms with Gasteiger partial charge in [-0.25, -0.2) is 0 Å². The number of alkyl halides is 1. The molecule has 9 heteroatoms. The molecule has 3 rings (SSSR count). The minimum absolute atomic E-state index is 0.0114. The van der Waals surface area contributed by atoms with Gasteiger partial charge in [-0.15, -0.1) is 6.58 Å². The third-order valence-corrected chi connectivity index (χ3v) is 4.76. The van der Waals surface area contributed by atoms with Crippen molar-refractivity contribution in [2.45, 2.75) is 17.5 Å².